The van der Waals surface area contributed by atoms with Crippen LogP contribution in [-0.4, -0.2) is 96.7 Å². The van der Waals surface area contributed by atoms with Crippen LogP contribution < -0.4 is 0 Å². The Morgan fingerprint density at radius 3 is 0.717 bits per heavy atom. The van der Waals surface area contributed by atoms with Crippen LogP contribution in [-0.2, 0) is 65.4 Å². The van der Waals surface area contributed by atoms with Crippen molar-refractivity contribution in [3.63, 3.8) is 0 Å². The maximum absolute atomic E-state index is 13.1. The molecule has 0 amide bonds. The summed E-state index contributed by atoms with van der Waals surface area (Å²) in [5.41, 5.74) is 0. The SMILES string of the molecule is CCCCCCCCCCCCCCCCCCCCCCCC(=O)O[C@H](COC(=O)CCCCCCCCCCCCCCCCCCCCC)COP(=O)(O)OC[C@@H](O)COP(=O)(O)OC[C@@H](COC(=O)CCCCCCC)OC(=O)CCCCCCCCCCCCC(C)CC. The second kappa shape index (κ2) is 73.0. The normalized spacial score (nSPS) is 14.1. The van der Waals surface area contributed by atoms with Gasteiger partial charge in [-0.2, -0.15) is 0 Å². The molecule has 0 aliphatic rings. The van der Waals surface area contributed by atoms with Gasteiger partial charge >= 0.3 is 39.5 Å². The highest BCUT2D eigenvalue weighted by molar-refractivity contribution is 7.47. The minimum atomic E-state index is -4.96. The van der Waals surface area contributed by atoms with Gasteiger partial charge < -0.3 is 33.8 Å². The summed E-state index contributed by atoms with van der Waals surface area (Å²) in [6, 6.07) is 0. The quantitative estimate of drug-likeness (QED) is 0.0222. The van der Waals surface area contributed by atoms with E-state index in [1.165, 1.54) is 244 Å². The van der Waals surface area contributed by atoms with Crippen LogP contribution in [0.3, 0.4) is 0 Å². The van der Waals surface area contributed by atoms with Crippen molar-refractivity contribution in [1.82, 2.24) is 0 Å². The Kier molecular flexibility index (Phi) is 71.6. The van der Waals surface area contributed by atoms with Crippen LogP contribution in [0.1, 0.15) is 426 Å². The second-order valence-corrected chi connectivity index (χ2v) is 32.0. The van der Waals surface area contributed by atoms with E-state index in [1.54, 1.807) is 0 Å². The lowest BCUT2D eigenvalue weighted by Crippen LogP contribution is -2.30. The van der Waals surface area contributed by atoms with E-state index in [2.05, 4.69) is 34.6 Å². The molecule has 0 aromatic heterocycles. The van der Waals surface area contributed by atoms with E-state index in [0.717, 1.165) is 102 Å². The highest BCUT2D eigenvalue weighted by Gasteiger charge is 2.30. The largest absolute Gasteiger partial charge is 0.472 e. The lowest BCUT2D eigenvalue weighted by molar-refractivity contribution is -0.161. The molecule has 0 aromatic rings. The Morgan fingerprint density at radius 2 is 0.485 bits per heavy atom. The molecule has 0 saturated heterocycles. The number of rotatable bonds is 80. The molecule has 0 saturated carbocycles. The highest BCUT2D eigenvalue weighted by Crippen LogP contribution is 2.45. The van der Waals surface area contributed by atoms with Crippen molar-refractivity contribution >= 4 is 39.5 Å². The van der Waals surface area contributed by atoms with Crippen molar-refractivity contribution in [1.29, 1.82) is 0 Å². The lowest BCUT2D eigenvalue weighted by atomic mass is 9.99. The molecule has 588 valence electrons. The molecule has 0 radical (unpaired) electrons. The molecule has 3 unspecified atom stereocenters. The number of aliphatic hydroxyl groups excluding tert-OH is 1. The topological polar surface area (TPSA) is 237 Å². The summed E-state index contributed by atoms with van der Waals surface area (Å²) in [5, 5.41) is 10.6. The van der Waals surface area contributed by atoms with E-state index in [-0.39, 0.29) is 25.7 Å². The maximum atomic E-state index is 13.1. The molecule has 6 atom stereocenters. The second-order valence-electron chi connectivity index (χ2n) is 29.1. The number of hydrogen-bond acceptors (Lipinski definition) is 15. The predicted molar refractivity (Wildman–Crippen MR) is 405 cm³/mol. The summed E-state index contributed by atoms with van der Waals surface area (Å²) in [4.78, 5) is 72.7. The molecule has 0 bridgehead atoms. The molecule has 0 aliphatic heterocycles. The van der Waals surface area contributed by atoms with E-state index >= 15 is 0 Å². The van der Waals surface area contributed by atoms with E-state index in [0.29, 0.717) is 25.7 Å². The molecular formula is C80H156O17P2. The Labute approximate surface area is 607 Å². The van der Waals surface area contributed by atoms with Gasteiger partial charge in [0, 0.05) is 25.7 Å². The zero-order valence-corrected chi connectivity index (χ0v) is 66.4. The zero-order valence-electron chi connectivity index (χ0n) is 64.6. The van der Waals surface area contributed by atoms with Gasteiger partial charge in [0.15, 0.2) is 12.2 Å². The Balaban J connectivity index is 5.12. The summed E-state index contributed by atoms with van der Waals surface area (Å²) >= 11 is 0. The standard InChI is InChI=1S/C80H156O17P2/c1-6-10-13-16-18-20-22-24-26-28-30-31-33-35-37-39-41-46-50-55-60-65-80(85)97-76(70-91-78(83)64-59-54-49-45-40-38-36-34-32-29-27-25-23-21-19-17-14-11-7-2)72-95-99(88,89)93-68-74(81)67-92-98(86,87)94-71-75(69-90-77(82)63-58-52-15-12-8-3)96-79(84)66-61-56-51-47-43-42-44-48-53-57-62-73(5)9-4/h73-76,81H,6-72H2,1-5H3,(H,86,87)(H,88,89)/t73?,74-,75+,76+/m0/s1. The van der Waals surface area contributed by atoms with Crippen LogP contribution in [0.2, 0.25) is 0 Å². The van der Waals surface area contributed by atoms with Gasteiger partial charge in [0.2, 0.25) is 0 Å². The Bertz CT molecular complexity index is 1890. The van der Waals surface area contributed by atoms with Crippen molar-refractivity contribution in [2.45, 2.75) is 445 Å². The summed E-state index contributed by atoms with van der Waals surface area (Å²) in [6.07, 6.45) is 64.4. The predicted octanol–water partition coefficient (Wildman–Crippen LogP) is 24.0. The molecule has 0 aliphatic carbocycles. The third-order valence-corrected chi connectivity index (χ3v) is 21.0. The van der Waals surface area contributed by atoms with Crippen molar-refractivity contribution < 1.29 is 80.2 Å². The fourth-order valence-electron chi connectivity index (χ4n) is 12.4. The van der Waals surface area contributed by atoms with Crippen LogP contribution >= 0.6 is 15.6 Å². The summed E-state index contributed by atoms with van der Waals surface area (Å²) in [5.74, 6) is -1.32. The first-order valence-corrected chi connectivity index (χ1v) is 44.7. The van der Waals surface area contributed by atoms with Crippen LogP contribution in [0, 0.1) is 5.92 Å². The van der Waals surface area contributed by atoms with E-state index in [9.17, 15) is 43.2 Å². The number of unbranched alkanes of at least 4 members (excludes halogenated alkanes) is 51. The number of aliphatic hydroxyl groups is 1. The number of esters is 4. The van der Waals surface area contributed by atoms with E-state index in [4.69, 9.17) is 37.0 Å². The molecule has 0 rings (SSSR count). The monoisotopic (exact) mass is 1450 g/mol. The van der Waals surface area contributed by atoms with Crippen LogP contribution in [0.15, 0.2) is 0 Å². The van der Waals surface area contributed by atoms with Crippen LogP contribution in [0.5, 0.6) is 0 Å². The molecule has 0 heterocycles. The number of carbonyl (C=O) groups is 4. The average molecular weight is 1450 g/mol. The molecule has 0 aromatic carbocycles. The van der Waals surface area contributed by atoms with Gasteiger partial charge in [-0.25, -0.2) is 9.13 Å². The third-order valence-electron chi connectivity index (χ3n) is 19.1. The summed E-state index contributed by atoms with van der Waals surface area (Å²) in [7, 11) is -9.91. The van der Waals surface area contributed by atoms with Crippen molar-refractivity contribution in [2.24, 2.45) is 5.92 Å². The Hall–Kier alpha value is -1.94. The first-order chi connectivity index (χ1) is 48.1. The summed E-state index contributed by atoms with van der Waals surface area (Å²) in [6.45, 7) is 7.25. The molecule has 99 heavy (non-hydrogen) atoms. The van der Waals surface area contributed by atoms with E-state index in [1.807, 2.05) is 0 Å². The fourth-order valence-corrected chi connectivity index (χ4v) is 14.0. The maximum Gasteiger partial charge on any atom is 0.472 e. The van der Waals surface area contributed by atoms with Crippen LogP contribution in [0.4, 0.5) is 0 Å². The van der Waals surface area contributed by atoms with Crippen molar-refractivity contribution in [2.75, 3.05) is 39.6 Å². The number of phosphoric ester groups is 2. The number of ether oxygens (including phenoxy) is 4. The zero-order chi connectivity index (χ0) is 72.7. The first-order valence-electron chi connectivity index (χ1n) is 41.7. The van der Waals surface area contributed by atoms with E-state index < -0.39 is 97.5 Å². The van der Waals surface area contributed by atoms with Crippen LogP contribution in [0.25, 0.3) is 0 Å². The molecule has 3 N–H and O–H groups in total. The van der Waals surface area contributed by atoms with Gasteiger partial charge in [0.05, 0.1) is 26.4 Å². The van der Waals surface area contributed by atoms with Gasteiger partial charge in [-0.15, -0.1) is 0 Å². The minimum Gasteiger partial charge on any atom is -0.462 e. The summed E-state index contributed by atoms with van der Waals surface area (Å²) < 4.78 is 68.4. The lowest BCUT2D eigenvalue weighted by Gasteiger charge is -2.21. The van der Waals surface area contributed by atoms with Gasteiger partial charge in [-0.3, -0.25) is 37.3 Å². The minimum absolute atomic E-state index is 0.106. The molecule has 0 spiro atoms. The Morgan fingerprint density at radius 1 is 0.283 bits per heavy atom. The number of carbonyl (C=O) groups excluding carboxylic acids is 4. The van der Waals surface area contributed by atoms with Crippen molar-refractivity contribution in [3.8, 4) is 0 Å². The van der Waals surface area contributed by atoms with Gasteiger partial charge in [-0.1, -0.05) is 375 Å². The van der Waals surface area contributed by atoms with Gasteiger partial charge in [0.1, 0.15) is 19.3 Å². The third kappa shape index (κ3) is 72.8. The smallest absolute Gasteiger partial charge is 0.462 e. The van der Waals surface area contributed by atoms with Crippen molar-refractivity contribution in [3.05, 3.63) is 0 Å². The highest BCUT2D eigenvalue weighted by atomic mass is 31.2. The molecule has 17 nitrogen and oxygen atoms in total. The molecule has 19 heteroatoms. The first kappa shape index (κ1) is 97.1. The van der Waals surface area contributed by atoms with Gasteiger partial charge in [-0.05, 0) is 31.6 Å². The number of phosphoric acid groups is 2. The van der Waals surface area contributed by atoms with Gasteiger partial charge in [0.25, 0.3) is 0 Å². The molecule has 0 fully saturated rings. The average Bonchev–Trinajstić information content (AvgIpc) is 1.19. The molecular weight excluding hydrogens is 1290 g/mol. The number of hydrogen-bond donors (Lipinski definition) is 3. The fraction of sp³-hybridized carbons (Fsp3) is 0.950.